The summed E-state index contributed by atoms with van der Waals surface area (Å²) in [6.07, 6.45) is 9.02. The van der Waals surface area contributed by atoms with Gasteiger partial charge in [-0.25, -0.2) is 72.8 Å². The van der Waals surface area contributed by atoms with Crippen LogP contribution in [0.3, 0.4) is 0 Å². The Balaban J connectivity index is -0.0000000806. The van der Waals surface area contributed by atoms with E-state index in [1.54, 1.807) is 63.2 Å². The topological polar surface area (TPSA) is 290 Å². The number of hydrogen-bond donors (Lipinski definition) is 6. The molecule has 97 heavy (non-hydrogen) atoms. The summed E-state index contributed by atoms with van der Waals surface area (Å²) < 4.78 is 33.3. The number of aliphatic hydroxyl groups is 6. The molecule has 6 aromatic rings. The van der Waals surface area contributed by atoms with Crippen LogP contribution in [0.4, 0.5) is 0 Å². The van der Waals surface area contributed by atoms with E-state index < -0.39 is 0 Å². The summed E-state index contributed by atoms with van der Waals surface area (Å²) >= 11 is 6.81. The van der Waals surface area contributed by atoms with Crippen molar-refractivity contribution in [1.82, 2.24) is 0 Å². The number of nitrogens with zero attached hydrogens (tertiary/aromatic N) is 10. The molecular weight excluding hydrogens is 1920 g/mol. The number of likely N-dealkylation sites (N-methyl/N-ethyl adjacent to an activating group) is 3. The fourth-order valence-corrected chi connectivity index (χ4v) is 5.88. The van der Waals surface area contributed by atoms with Crippen molar-refractivity contribution in [2.75, 3.05) is 124 Å². The van der Waals surface area contributed by atoms with Crippen molar-refractivity contribution in [2.24, 2.45) is 13.8 Å². The molecule has 564 valence electrons. The molecule has 18 nitrogen and oxygen atoms in total. The van der Waals surface area contributed by atoms with Crippen LogP contribution in [0.25, 0.3) is 31.9 Å². The molecule has 0 saturated carbocycles. The number of aliphatic hydroxyl groups excluding tert-OH is 6. The number of rotatable bonds is 21. The molecule has 0 unspecified atom stereocenters. The first kappa shape index (κ1) is 123. The van der Waals surface area contributed by atoms with Gasteiger partial charge in [-0.3, -0.25) is 0 Å². The molecule has 0 aliphatic rings. The standard InChI is InChI=1S/3C8H11N.3C7H9O.3C5H11N.C4H9N.3C2H6N.3CH4O.2Nb.2O.3Ta.V/c3*1-9-7-6-8-4-2-3-5-8;3*8-6-5-7-3-1-2-4-7;3*1-4-5(2,3)6;1-4(2,3)5;3*1-3-2;3*1-2;;;;;;;;/h3*2-5H,6-7H2,1H3;3*1-4,8H,5-6H2;3*4H2,1-3H3;1-3H3;3*1-2H3;3*2H,1H3;;;;;;;;/q3*-2;3*-1;;;;;3*-1;;;;;;;;;;;. The van der Waals surface area contributed by atoms with Gasteiger partial charge in [-0.05, 0) is 19.3 Å². The van der Waals surface area contributed by atoms with E-state index in [2.05, 4.69) is 219 Å². The minimum atomic E-state index is 0.181. The van der Waals surface area contributed by atoms with E-state index in [9.17, 15) is 0 Å². The fraction of sp³-hybridized carbons (Fsp3) is 0.589. The summed E-state index contributed by atoms with van der Waals surface area (Å²) in [5.74, 6) is 0. The third-order valence-corrected chi connectivity index (χ3v) is 17.4. The maximum atomic E-state index is 8.44. The molecule has 0 aromatic heterocycles. The van der Waals surface area contributed by atoms with Crippen LogP contribution < -0.4 is 0 Å². The molecular formula is C73H132N10Nb2O8Ta3V-12. The molecule has 0 radical (unpaired) electrons. The average Bonchev–Trinajstić information content (AvgIpc) is 3.07. The molecule has 0 saturated heterocycles. The van der Waals surface area contributed by atoms with Crippen LogP contribution in [-0.4, -0.2) is 177 Å². The van der Waals surface area contributed by atoms with Crippen molar-refractivity contribution >= 4 is 0 Å². The molecule has 6 rings (SSSR count). The summed E-state index contributed by atoms with van der Waals surface area (Å²) in [6, 6.07) is 49.1. The van der Waals surface area contributed by atoms with Crippen molar-refractivity contribution in [3.05, 3.63) is 211 Å². The first-order valence-corrected chi connectivity index (χ1v) is 38.3. The average molecular weight is 2060 g/mol. The molecule has 0 bridgehead atoms. The SMILES string of the molecule is CC(C)(C)[N]=[Ta].CCC(C)(C)[N]=[Nb].CCC(C)(C)[N]=[Ta].CCC(C)(C)[N]=[V].CO.CO.CO.C[N-]C.C[N-]C.C[N-]C.C[N-]CCc1ccc[cH-]1.C[N-]CCc1ccc[cH-]1.C[N-]CCc1ccc[cH-]1.OCCc1ccc[cH-]1.OCCc1ccc[cH-]1.OCCc1ccc[cH-]1.[O]=[Nb].[O]=[Ta]. The van der Waals surface area contributed by atoms with Gasteiger partial charge in [0.1, 0.15) is 0 Å². The second-order valence-corrected chi connectivity index (χ2v) is 24.2. The Morgan fingerprint density at radius 3 is 0.660 bits per heavy atom. The Bertz CT molecular complexity index is 1980. The van der Waals surface area contributed by atoms with E-state index in [-0.39, 0.29) is 63.0 Å². The zero-order valence-corrected chi connectivity index (χ0v) is 79.6. The van der Waals surface area contributed by atoms with Gasteiger partial charge in [-0.15, -0.1) is 19.6 Å². The molecule has 0 spiro atoms. The molecule has 0 atom stereocenters. The maximum absolute atomic E-state index is 8.44. The zero-order chi connectivity index (χ0) is 78.1. The second-order valence-electron chi connectivity index (χ2n) is 22.0. The fourth-order valence-electron chi connectivity index (χ4n) is 4.81. The second kappa shape index (κ2) is 103. The quantitative estimate of drug-likeness (QED) is 0.0297. The van der Waals surface area contributed by atoms with Crippen LogP contribution in [0.1, 0.15) is 136 Å². The summed E-state index contributed by atoms with van der Waals surface area (Å²) in [7, 11) is 19.1. The normalized spacial score (nSPS) is 9.03. The third-order valence-electron chi connectivity index (χ3n) is 11.2. The predicted octanol–water partition coefficient (Wildman–Crippen LogP) is 16.3. The molecule has 24 heteroatoms. The van der Waals surface area contributed by atoms with E-state index in [4.69, 9.17) is 37.1 Å². The van der Waals surface area contributed by atoms with Gasteiger partial charge in [-0.2, -0.15) is 170 Å². The minimum absolute atomic E-state index is 0.181. The van der Waals surface area contributed by atoms with Gasteiger partial charge in [0.2, 0.25) is 0 Å². The Labute approximate surface area is 664 Å². The first-order chi connectivity index (χ1) is 46.3. The zero-order valence-electron chi connectivity index (χ0n) is 64.1. The van der Waals surface area contributed by atoms with E-state index in [1.807, 2.05) is 93.9 Å². The molecule has 0 fully saturated rings. The summed E-state index contributed by atoms with van der Waals surface area (Å²) in [5, 5.41) is 68.8. The van der Waals surface area contributed by atoms with Crippen molar-refractivity contribution in [3.8, 4) is 0 Å². The molecule has 0 aliphatic carbocycles. The monoisotopic (exact) mass is 2060 g/mol. The van der Waals surface area contributed by atoms with E-state index in [0.29, 0.717) is 21.0 Å². The van der Waals surface area contributed by atoms with Gasteiger partial charge in [0.25, 0.3) is 0 Å². The van der Waals surface area contributed by atoms with Crippen molar-refractivity contribution < 1.29 is 159 Å². The van der Waals surface area contributed by atoms with Crippen LogP contribution in [0.2, 0.25) is 0 Å². The Hall–Kier alpha value is -1.29. The van der Waals surface area contributed by atoms with Gasteiger partial charge in [0, 0.05) is 41.2 Å². The van der Waals surface area contributed by atoms with E-state index in [0.717, 1.165) is 141 Å². The molecule has 6 N–H and O–H groups in total. The van der Waals surface area contributed by atoms with Crippen molar-refractivity contribution in [1.29, 1.82) is 0 Å². The van der Waals surface area contributed by atoms with Gasteiger partial charge in [0.15, 0.2) is 0 Å². The van der Waals surface area contributed by atoms with Crippen LogP contribution >= 0.6 is 0 Å². The first-order valence-electron chi connectivity index (χ1n) is 31.6. The molecule has 0 aliphatic heterocycles. The van der Waals surface area contributed by atoms with Crippen LogP contribution in [-0.2, 0) is 167 Å². The van der Waals surface area contributed by atoms with E-state index >= 15 is 0 Å². The van der Waals surface area contributed by atoms with E-state index in [1.165, 1.54) is 33.4 Å². The number of hydrogen-bond acceptors (Lipinski definition) is 12. The molecule has 0 heterocycles. The molecule has 6 aromatic carbocycles. The van der Waals surface area contributed by atoms with Crippen molar-refractivity contribution in [3.63, 3.8) is 0 Å². The van der Waals surface area contributed by atoms with Crippen LogP contribution in [0, 0.1) is 0 Å². The van der Waals surface area contributed by atoms with Gasteiger partial charge in [0.05, 0.1) is 0 Å². The van der Waals surface area contributed by atoms with Gasteiger partial charge < -0.3 is 62.5 Å². The Kier molecular flexibility index (Phi) is 131. The summed E-state index contributed by atoms with van der Waals surface area (Å²) in [6.45, 7) is 29.2. The van der Waals surface area contributed by atoms with Crippen LogP contribution in [0.5, 0.6) is 0 Å². The molecule has 0 amide bonds. The Morgan fingerprint density at radius 1 is 0.402 bits per heavy atom. The van der Waals surface area contributed by atoms with Crippen LogP contribution in [0.15, 0.2) is 159 Å². The summed E-state index contributed by atoms with van der Waals surface area (Å²) in [4.78, 5) is 0. The van der Waals surface area contributed by atoms with Gasteiger partial charge in [-0.1, -0.05) is 19.3 Å². The van der Waals surface area contributed by atoms with Gasteiger partial charge >= 0.3 is 267 Å². The van der Waals surface area contributed by atoms with Crippen molar-refractivity contribution in [2.45, 2.75) is 163 Å². The third kappa shape index (κ3) is 119. The predicted molar refractivity (Wildman–Crippen MR) is 392 cm³/mol. The Morgan fingerprint density at radius 2 is 0.588 bits per heavy atom. The summed E-state index contributed by atoms with van der Waals surface area (Å²) in [5.41, 5.74) is 8.70.